The maximum Gasteiger partial charge on any atom is 0.573 e. The van der Waals surface area contributed by atoms with E-state index in [9.17, 15) is 21.6 Å². The monoisotopic (exact) mass is 430 g/mol. The summed E-state index contributed by atoms with van der Waals surface area (Å²) in [6, 6.07) is 4.03. The first-order valence-corrected chi connectivity index (χ1v) is 11.0. The highest BCUT2D eigenvalue weighted by molar-refractivity contribution is 7.89. The minimum atomic E-state index is -4.89. The molecule has 2 aliphatic rings. The van der Waals surface area contributed by atoms with Gasteiger partial charge < -0.3 is 9.30 Å². The number of benzene rings is 1. The number of aromatic nitrogens is 3. The molecule has 0 saturated carbocycles. The Morgan fingerprint density at radius 3 is 2.66 bits per heavy atom. The van der Waals surface area contributed by atoms with Crippen molar-refractivity contribution < 1.29 is 26.3 Å². The van der Waals surface area contributed by atoms with E-state index in [0.29, 0.717) is 18.7 Å². The molecule has 158 valence electrons. The number of piperidine rings is 1. The summed E-state index contributed by atoms with van der Waals surface area (Å²) in [5, 5.41) is 8.50. The van der Waals surface area contributed by atoms with E-state index in [1.54, 1.807) is 0 Å². The third-order valence-corrected chi connectivity index (χ3v) is 7.19. The first kappa shape index (κ1) is 20.1. The van der Waals surface area contributed by atoms with Crippen LogP contribution < -0.4 is 4.74 Å². The Morgan fingerprint density at radius 1 is 1.07 bits per heavy atom. The second-order valence-electron chi connectivity index (χ2n) is 7.23. The van der Waals surface area contributed by atoms with Crippen molar-refractivity contribution in [3.8, 4) is 5.75 Å². The maximum absolute atomic E-state index is 13.3. The average Bonchev–Trinajstić information content (AvgIpc) is 3.11. The van der Waals surface area contributed by atoms with E-state index >= 15 is 0 Å². The Hall–Kier alpha value is -2.14. The molecule has 0 aliphatic carbocycles. The largest absolute Gasteiger partial charge is 0.573 e. The molecule has 2 aliphatic heterocycles. The second-order valence-corrected chi connectivity index (χ2v) is 9.12. The molecule has 3 heterocycles. The third-order valence-electron chi connectivity index (χ3n) is 5.29. The van der Waals surface area contributed by atoms with E-state index in [1.165, 1.54) is 16.4 Å². The number of fused-ring (bicyclic) bond motifs is 1. The van der Waals surface area contributed by atoms with Gasteiger partial charge in [0.05, 0.1) is 10.9 Å². The van der Waals surface area contributed by atoms with E-state index in [4.69, 9.17) is 0 Å². The zero-order valence-electron chi connectivity index (χ0n) is 15.6. The Morgan fingerprint density at radius 2 is 1.86 bits per heavy atom. The summed E-state index contributed by atoms with van der Waals surface area (Å²) in [7, 11) is -4.04. The summed E-state index contributed by atoms with van der Waals surface area (Å²) in [4.78, 5) is -0.232. The molecule has 1 saturated heterocycles. The fourth-order valence-corrected chi connectivity index (χ4v) is 5.69. The van der Waals surface area contributed by atoms with E-state index < -0.39 is 28.2 Å². The number of aryl methyl sites for hydroxylation is 1. The Labute approximate surface area is 166 Å². The lowest BCUT2D eigenvalue weighted by Crippen LogP contribution is -2.40. The minimum Gasteiger partial charge on any atom is -0.406 e. The normalized spacial score (nSPS) is 21.0. The molecule has 1 aromatic carbocycles. The van der Waals surface area contributed by atoms with Crippen molar-refractivity contribution in [3.63, 3.8) is 0 Å². The molecule has 7 nitrogen and oxygen atoms in total. The van der Waals surface area contributed by atoms with E-state index in [1.807, 2.05) is 4.57 Å². The molecule has 4 rings (SSSR count). The summed E-state index contributed by atoms with van der Waals surface area (Å²) >= 11 is 0. The fraction of sp³-hybridized carbons (Fsp3) is 0.556. The molecular weight excluding hydrogens is 409 g/mol. The predicted molar refractivity (Wildman–Crippen MR) is 96.6 cm³/mol. The van der Waals surface area contributed by atoms with Gasteiger partial charge in [0.25, 0.3) is 0 Å². The molecule has 2 aromatic rings. The van der Waals surface area contributed by atoms with Crippen molar-refractivity contribution in [1.29, 1.82) is 0 Å². The van der Waals surface area contributed by atoms with Gasteiger partial charge in [0.15, 0.2) is 5.82 Å². The van der Waals surface area contributed by atoms with Crippen molar-refractivity contribution in [3.05, 3.63) is 35.9 Å². The van der Waals surface area contributed by atoms with Crippen molar-refractivity contribution in [2.24, 2.45) is 0 Å². The second kappa shape index (κ2) is 7.60. The van der Waals surface area contributed by atoms with Crippen LogP contribution in [0.15, 0.2) is 29.2 Å². The average molecular weight is 430 g/mol. The molecule has 29 heavy (non-hydrogen) atoms. The molecule has 1 atom stereocenters. The van der Waals surface area contributed by atoms with Crippen LogP contribution in [0, 0.1) is 0 Å². The number of hydrogen-bond acceptors (Lipinski definition) is 5. The molecule has 1 fully saturated rings. The smallest absolute Gasteiger partial charge is 0.406 e. The lowest BCUT2D eigenvalue weighted by atomic mass is 10.0. The molecule has 1 aromatic heterocycles. The van der Waals surface area contributed by atoms with Gasteiger partial charge in [-0.2, -0.15) is 4.31 Å². The van der Waals surface area contributed by atoms with Gasteiger partial charge in [-0.3, -0.25) is 0 Å². The third kappa shape index (κ3) is 4.11. The van der Waals surface area contributed by atoms with Gasteiger partial charge in [-0.1, -0.05) is 12.5 Å². The van der Waals surface area contributed by atoms with Crippen LogP contribution in [-0.4, -0.2) is 40.4 Å². The Kier molecular flexibility index (Phi) is 5.28. The molecule has 0 spiro atoms. The highest BCUT2D eigenvalue weighted by Crippen LogP contribution is 2.36. The van der Waals surface area contributed by atoms with Crippen molar-refractivity contribution in [2.75, 3.05) is 6.54 Å². The van der Waals surface area contributed by atoms with Gasteiger partial charge in [-0.25, -0.2) is 8.42 Å². The lowest BCUT2D eigenvalue weighted by molar-refractivity contribution is -0.274. The number of nitrogens with zero attached hydrogens (tertiary/aromatic N) is 4. The van der Waals surface area contributed by atoms with Crippen molar-refractivity contribution in [1.82, 2.24) is 19.1 Å². The summed E-state index contributed by atoms with van der Waals surface area (Å²) in [5.41, 5.74) is 0. The quantitative estimate of drug-likeness (QED) is 0.743. The number of rotatable bonds is 4. The van der Waals surface area contributed by atoms with Crippen LogP contribution in [0.25, 0.3) is 0 Å². The highest BCUT2D eigenvalue weighted by atomic mass is 32.2. The minimum absolute atomic E-state index is 0.232. The van der Waals surface area contributed by atoms with Gasteiger partial charge in [0.1, 0.15) is 11.6 Å². The number of ether oxygens (including phenoxy) is 1. The first-order valence-electron chi connectivity index (χ1n) is 9.55. The van der Waals surface area contributed by atoms with Gasteiger partial charge in [-0.15, -0.1) is 23.4 Å². The lowest BCUT2D eigenvalue weighted by Gasteiger charge is -2.34. The summed E-state index contributed by atoms with van der Waals surface area (Å²) in [6.07, 6.45) is 0.0345. The molecule has 0 N–H and O–H groups in total. The van der Waals surface area contributed by atoms with Gasteiger partial charge in [-0.05, 0) is 37.8 Å². The predicted octanol–water partition coefficient (Wildman–Crippen LogP) is 3.43. The topological polar surface area (TPSA) is 77.3 Å². The highest BCUT2D eigenvalue weighted by Gasteiger charge is 2.38. The summed E-state index contributed by atoms with van der Waals surface area (Å²) < 4.78 is 71.4. The van der Waals surface area contributed by atoms with Crippen LogP contribution >= 0.6 is 0 Å². The van der Waals surface area contributed by atoms with E-state index in [0.717, 1.165) is 50.2 Å². The van der Waals surface area contributed by atoms with Gasteiger partial charge >= 0.3 is 6.36 Å². The number of sulfonamides is 1. The zero-order valence-corrected chi connectivity index (χ0v) is 16.4. The molecular formula is C18H21F3N4O3S. The van der Waals surface area contributed by atoms with E-state index in [-0.39, 0.29) is 11.4 Å². The Balaban J connectivity index is 1.68. The van der Waals surface area contributed by atoms with Gasteiger partial charge in [0.2, 0.25) is 10.0 Å². The fourth-order valence-electron chi connectivity index (χ4n) is 4.00. The molecule has 0 amide bonds. The summed E-state index contributed by atoms with van der Waals surface area (Å²) in [6.45, 7) is 1.02. The number of alkyl halides is 3. The van der Waals surface area contributed by atoms with Crippen LogP contribution in [0.1, 0.15) is 49.8 Å². The van der Waals surface area contributed by atoms with Gasteiger partial charge in [0, 0.05) is 25.6 Å². The number of halogens is 3. The first-order chi connectivity index (χ1) is 13.8. The molecule has 0 radical (unpaired) electrons. The SMILES string of the molecule is O=S(=O)(c1cccc(OC(F)(F)F)c1)N1CCCCC1c1nnc2n1CCCC2. The molecule has 1 unspecified atom stereocenters. The van der Waals surface area contributed by atoms with Crippen molar-refractivity contribution >= 4 is 10.0 Å². The maximum atomic E-state index is 13.3. The molecule has 11 heteroatoms. The zero-order chi connectivity index (χ0) is 20.6. The van der Waals surface area contributed by atoms with E-state index in [2.05, 4.69) is 14.9 Å². The van der Waals surface area contributed by atoms with Crippen molar-refractivity contribution in [2.45, 2.75) is 62.4 Å². The van der Waals surface area contributed by atoms with Crippen LogP contribution in [0.4, 0.5) is 13.2 Å². The summed E-state index contributed by atoms with van der Waals surface area (Å²) in [5.74, 6) is 0.910. The van der Waals surface area contributed by atoms with Crippen LogP contribution in [-0.2, 0) is 23.0 Å². The Bertz CT molecular complexity index is 990. The van der Waals surface area contributed by atoms with Crippen LogP contribution in [0.5, 0.6) is 5.75 Å². The standard InChI is InChI=1S/C18H21F3N4O3S/c19-18(20,21)28-13-6-5-7-14(12-13)29(26,27)25-11-4-1-8-15(25)17-23-22-16-9-2-3-10-24(16)17/h5-7,12,15H,1-4,8-11H2. The number of hydrogen-bond donors (Lipinski definition) is 0. The van der Waals surface area contributed by atoms with Crippen LogP contribution in [0.3, 0.4) is 0 Å². The molecule has 0 bridgehead atoms. The van der Waals surface area contributed by atoms with Crippen LogP contribution in [0.2, 0.25) is 0 Å².